The van der Waals surface area contributed by atoms with Crippen LogP contribution in [0, 0.1) is 10.1 Å². The molecule has 2 fully saturated rings. The van der Waals surface area contributed by atoms with Gasteiger partial charge in [-0.3, -0.25) is 15.0 Å². The van der Waals surface area contributed by atoms with E-state index in [2.05, 4.69) is 4.90 Å². The molecule has 0 unspecified atom stereocenters. The highest BCUT2D eigenvalue weighted by molar-refractivity contribution is 7.89. The maximum Gasteiger partial charge on any atom is 0.270 e. The SMILES string of the molecule is CCc1ccc([N+](=O)[O-])cc1S(=O)(=O)N1CCCN(C[C@H]2CCCO2)CC1. The second kappa shape index (κ2) is 8.64. The Morgan fingerprint density at radius 2 is 2.04 bits per heavy atom. The summed E-state index contributed by atoms with van der Waals surface area (Å²) in [5, 5.41) is 11.1. The topological polar surface area (TPSA) is 93.0 Å². The number of ether oxygens (including phenoxy) is 1. The van der Waals surface area contributed by atoms with E-state index in [0.29, 0.717) is 31.6 Å². The van der Waals surface area contributed by atoms with Crippen molar-refractivity contribution < 1.29 is 18.1 Å². The van der Waals surface area contributed by atoms with Gasteiger partial charge in [-0.15, -0.1) is 0 Å². The number of benzene rings is 1. The van der Waals surface area contributed by atoms with Crippen LogP contribution in [0.1, 0.15) is 31.7 Å². The summed E-state index contributed by atoms with van der Waals surface area (Å²) >= 11 is 0. The van der Waals surface area contributed by atoms with Crippen molar-refractivity contribution in [1.82, 2.24) is 9.21 Å². The van der Waals surface area contributed by atoms with Gasteiger partial charge in [-0.05, 0) is 37.8 Å². The second-order valence-corrected chi connectivity index (χ2v) is 9.00. The number of hydrogen-bond donors (Lipinski definition) is 0. The summed E-state index contributed by atoms with van der Waals surface area (Å²) in [6.07, 6.45) is 3.64. The first-order valence-corrected chi connectivity index (χ1v) is 11.0. The van der Waals surface area contributed by atoms with Crippen LogP contribution in [-0.2, 0) is 21.2 Å². The Morgan fingerprint density at radius 3 is 2.70 bits per heavy atom. The fourth-order valence-electron chi connectivity index (χ4n) is 3.77. The number of nitro groups is 1. The Bertz CT molecular complexity index is 777. The minimum atomic E-state index is -3.76. The highest BCUT2D eigenvalue weighted by Gasteiger charge is 2.31. The van der Waals surface area contributed by atoms with Crippen LogP contribution in [0.15, 0.2) is 23.1 Å². The third-order valence-corrected chi connectivity index (χ3v) is 7.27. The van der Waals surface area contributed by atoms with Crippen molar-refractivity contribution in [3.8, 4) is 0 Å². The minimum Gasteiger partial charge on any atom is -0.377 e. The van der Waals surface area contributed by atoms with Gasteiger partial charge in [0.1, 0.15) is 0 Å². The van der Waals surface area contributed by atoms with Crippen LogP contribution < -0.4 is 0 Å². The van der Waals surface area contributed by atoms with Crippen molar-refractivity contribution in [1.29, 1.82) is 0 Å². The molecule has 2 saturated heterocycles. The number of non-ortho nitro benzene ring substituents is 1. The lowest BCUT2D eigenvalue weighted by atomic mass is 10.1. The molecule has 0 aromatic heterocycles. The van der Waals surface area contributed by atoms with Gasteiger partial charge in [-0.2, -0.15) is 4.31 Å². The number of sulfonamides is 1. The van der Waals surface area contributed by atoms with Crippen LogP contribution in [0.4, 0.5) is 5.69 Å². The molecule has 0 aliphatic carbocycles. The molecule has 0 radical (unpaired) electrons. The molecule has 0 amide bonds. The molecule has 8 nitrogen and oxygen atoms in total. The first-order chi connectivity index (χ1) is 12.9. The largest absolute Gasteiger partial charge is 0.377 e. The molecule has 1 aromatic rings. The number of nitro benzene ring substituents is 1. The predicted octanol–water partition coefficient (Wildman–Crippen LogP) is 2.03. The molecular weight excluding hydrogens is 370 g/mol. The van der Waals surface area contributed by atoms with Gasteiger partial charge >= 0.3 is 0 Å². The van der Waals surface area contributed by atoms with Gasteiger partial charge in [0.05, 0.1) is 15.9 Å². The fourth-order valence-corrected chi connectivity index (χ4v) is 5.56. The smallest absolute Gasteiger partial charge is 0.270 e. The van der Waals surface area contributed by atoms with E-state index in [4.69, 9.17) is 4.74 Å². The van der Waals surface area contributed by atoms with Gasteiger partial charge in [0.15, 0.2) is 0 Å². The van der Waals surface area contributed by atoms with Gasteiger partial charge in [0.25, 0.3) is 5.69 Å². The summed E-state index contributed by atoms with van der Waals surface area (Å²) in [6.45, 7) is 5.80. The molecule has 1 atom stereocenters. The molecule has 0 saturated carbocycles. The van der Waals surface area contributed by atoms with Crippen LogP contribution in [0.3, 0.4) is 0 Å². The Labute approximate surface area is 160 Å². The van der Waals surface area contributed by atoms with Crippen LogP contribution in [0.25, 0.3) is 0 Å². The molecule has 2 aliphatic heterocycles. The summed E-state index contributed by atoms with van der Waals surface area (Å²) in [7, 11) is -3.76. The normalized spacial score (nSPS) is 22.6. The maximum atomic E-state index is 13.2. The van der Waals surface area contributed by atoms with E-state index in [1.165, 1.54) is 16.4 Å². The summed E-state index contributed by atoms with van der Waals surface area (Å²) in [6, 6.07) is 4.11. The number of rotatable bonds is 6. The van der Waals surface area contributed by atoms with Gasteiger partial charge in [-0.25, -0.2) is 8.42 Å². The van der Waals surface area contributed by atoms with Gasteiger partial charge in [0.2, 0.25) is 10.0 Å². The number of hydrogen-bond acceptors (Lipinski definition) is 6. The Kier molecular flexibility index (Phi) is 6.46. The molecule has 27 heavy (non-hydrogen) atoms. The average molecular weight is 397 g/mol. The second-order valence-electron chi connectivity index (χ2n) is 7.10. The lowest BCUT2D eigenvalue weighted by Crippen LogP contribution is -2.37. The quantitative estimate of drug-likeness (QED) is 0.539. The monoisotopic (exact) mass is 397 g/mol. The van der Waals surface area contributed by atoms with Crippen molar-refractivity contribution in [2.75, 3.05) is 39.3 Å². The molecule has 9 heteroatoms. The van der Waals surface area contributed by atoms with E-state index in [-0.39, 0.29) is 16.7 Å². The van der Waals surface area contributed by atoms with E-state index in [9.17, 15) is 18.5 Å². The number of nitrogens with zero attached hydrogens (tertiary/aromatic N) is 3. The number of aryl methyl sites for hydroxylation is 1. The van der Waals surface area contributed by atoms with Crippen molar-refractivity contribution in [3.05, 3.63) is 33.9 Å². The van der Waals surface area contributed by atoms with Gasteiger partial charge in [-0.1, -0.05) is 13.0 Å². The van der Waals surface area contributed by atoms with Crippen LogP contribution in [0.5, 0.6) is 0 Å². The molecule has 0 N–H and O–H groups in total. The zero-order chi connectivity index (χ0) is 19.4. The molecule has 150 valence electrons. The lowest BCUT2D eigenvalue weighted by molar-refractivity contribution is -0.385. The molecular formula is C18H27N3O5S. The zero-order valence-corrected chi connectivity index (χ0v) is 16.5. The van der Waals surface area contributed by atoms with E-state index in [0.717, 1.165) is 39.0 Å². The molecule has 2 aliphatic rings. The Hall–Kier alpha value is -1.55. The first-order valence-electron chi connectivity index (χ1n) is 9.53. The Balaban J connectivity index is 1.76. The van der Waals surface area contributed by atoms with E-state index in [1.807, 2.05) is 6.92 Å². The zero-order valence-electron chi connectivity index (χ0n) is 15.7. The third kappa shape index (κ3) is 4.66. The van der Waals surface area contributed by atoms with Crippen LogP contribution >= 0.6 is 0 Å². The van der Waals surface area contributed by atoms with Crippen molar-refractivity contribution in [2.24, 2.45) is 0 Å². The summed E-state index contributed by atoms with van der Waals surface area (Å²) < 4.78 is 33.6. The Morgan fingerprint density at radius 1 is 1.22 bits per heavy atom. The van der Waals surface area contributed by atoms with Crippen molar-refractivity contribution in [2.45, 2.75) is 43.6 Å². The molecule has 0 spiro atoms. The fraction of sp³-hybridized carbons (Fsp3) is 0.667. The maximum absolute atomic E-state index is 13.2. The van der Waals surface area contributed by atoms with E-state index in [1.54, 1.807) is 6.07 Å². The molecule has 1 aromatic carbocycles. The van der Waals surface area contributed by atoms with Crippen molar-refractivity contribution in [3.63, 3.8) is 0 Å². The van der Waals surface area contributed by atoms with Gasteiger partial charge < -0.3 is 4.74 Å². The van der Waals surface area contributed by atoms with Crippen molar-refractivity contribution >= 4 is 15.7 Å². The van der Waals surface area contributed by atoms with Crippen LogP contribution in [0.2, 0.25) is 0 Å². The average Bonchev–Trinajstić information content (AvgIpc) is 3.04. The minimum absolute atomic E-state index is 0.0618. The summed E-state index contributed by atoms with van der Waals surface area (Å²) in [5.41, 5.74) is 0.418. The standard InChI is InChI=1S/C18H27N3O5S/c1-2-15-6-7-16(21(22)23)13-18(15)27(24,25)20-9-4-8-19(10-11-20)14-17-5-3-12-26-17/h6-7,13,17H,2-5,8-12,14H2,1H3/t17-/m1/s1. The van der Waals surface area contributed by atoms with Crippen LogP contribution in [-0.4, -0.2) is 68.0 Å². The summed E-state index contributed by atoms with van der Waals surface area (Å²) in [5.74, 6) is 0. The highest BCUT2D eigenvalue weighted by Crippen LogP contribution is 2.26. The van der Waals surface area contributed by atoms with Gasteiger partial charge in [0, 0.05) is 44.9 Å². The summed E-state index contributed by atoms with van der Waals surface area (Å²) in [4.78, 5) is 12.9. The molecule has 2 heterocycles. The predicted molar refractivity (Wildman–Crippen MR) is 101 cm³/mol. The third-order valence-electron chi connectivity index (χ3n) is 5.29. The first kappa shape index (κ1) is 20.2. The van der Waals surface area contributed by atoms with E-state index >= 15 is 0 Å². The molecule has 3 rings (SSSR count). The highest BCUT2D eigenvalue weighted by atomic mass is 32.2. The molecule has 0 bridgehead atoms. The lowest BCUT2D eigenvalue weighted by Gasteiger charge is -2.24. The van der Waals surface area contributed by atoms with E-state index < -0.39 is 14.9 Å².